The number of thioether (sulfide) groups is 2. The zero-order valence-electron chi connectivity index (χ0n) is 15.3. The normalized spacial score (nSPS) is 19.5. The number of amides is 1. The molecule has 2 heterocycles. The van der Waals surface area contributed by atoms with Gasteiger partial charge in [-0.2, -0.15) is 5.26 Å². The third kappa shape index (κ3) is 3.69. The van der Waals surface area contributed by atoms with E-state index in [1.165, 1.54) is 4.90 Å². The summed E-state index contributed by atoms with van der Waals surface area (Å²) in [5, 5.41) is 10.7. The Bertz CT molecular complexity index is 967. The average Bonchev–Trinajstić information content (AvgIpc) is 2.74. The lowest BCUT2D eigenvalue weighted by Gasteiger charge is -2.42. The summed E-state index contributed by atoms with van der Waals surface area (Å²) in [4.78, 5) is 18.1. The highest BCUT2D eigenvalue weighted by atomic mass is 79.9. The second-order valence-corrected chi connectivity index (χ2v) is 9.34. The van der Waals surface area contributed by atoms with Gasteiger partial charge in [-0.15, -0.1) is 11.8 Å². The molecule has 2 aromatic rings. The van der Waals surface area contributed by atoms with Crippen molar-refractivity contribution in [3.63, 3.8) is 0 Å². The number of hydrogen-bond acceptors (Lipinski definition) is 5. The van der Waals surface area contributed by atoms with Gasteiger partial charge in [0.15, 0.2) is 0 Å². The average molecular weight is 472 g/mol. The fourth-order valence-corrected chi connectivity index (χ4v) is 5.34. The number of allylic oxidation sites excluding steroid dienone is 1. The number of benzene rings is 2. The van der Waals surface area contributed by atoms with Crippen molar-refractivity contribution in [3.05, 3.63) is 69.2 Å². The van der Waals surface area contributed by atoms with Gasteiger partial charge in [-0.1, -0.05) is 39.8 Å². The Morgan fingerprint density at radius 1 is 1.18 bits per heavy atom. The highest BCUT2D eigenvalue weighted by Crippen LogP contribution is 2.43. The fourth-order valence-electron chi connectivity index (χ4n) is 3.50. The van der Waals surface area contributed by atoms with Gasteiger partial charge in [-0.3, -0.25) is 9.69 Å². The molecule has 7 heteroatoms. The molecule has 0 aromatic heterocycles. The number of nitriles is 1. The summed E-state index contributed by atoms with van der Waals surface area (Å²) in [5.74, 6) is 0.623. The smallest absolute Gasteiger partial charge is 0.229 e. The molecule has 0 aliphatic carbocycles. The van der Waals surface area contributed by atoms with Crippen LogP contribution in [-0.2, 0) is 4.79 Å². The molecule has 1 saturated heterocycles. The molecule has 0 radical (unpaired) electrons. The van der Waals surface area contributed by atoms with Crippen LogP contribution in [-0.4, -0.2) is 29.6 Å². The minimum atomic E-state index is -0.161. The van der Waals surface area contributed by atoms with Gasteiger partial charge in [0.1, 0.15) is 0 Å². The minimum absolute atomic E-state index is 0.0715. The molecule has 1 fully saturated rings. The summed E-state index contributed by atoms with van der Waals surface area (Å²) in [5.41, 5.74) is 2.80. The Kier molecular flexibility index (Phi) is 5.72. The van der Waals surface area contributed by atoms with Crippen molar-refractivity contribution in [2.75, 3.05) is 23.7 Å². The summed E-state index contributed by atoms with van der Waals surface area (Å²) < 4.78 is 1.03. The molecule has 0 bridgehead atoms. The Morgan fingerprint density at radius 3 is 2.54 bits per heavy atom. The van der Waals surface area contributed by atoms with Crippen LogP contribution in [0.2, 0.25) is 0 Å². The molecule has 142 valence electrons. The maximum absolute atomic E-state index is 13.0. The van der Waals surface area contributed by atoms with Crippen LogP contribution in [0.5, 0.6) is 0 Å². The van der Waals surface area contributed by atoms with E-state index in [0.29, 0.717) is 24.5 Å². The van der Waals surface area contributed by atoms with Crippen molar-refractivity contribution >= 4 is 51.0 Å². The summed E-state index contributed by atoms with van der Waals surface area (Å²) in [6.07, 6.45) is 2.37. The van der Waals surface area contributed by atoms with Crippen molar-refractivity contribution < 1.29 is 4.79 Å². The van der Waals surface area contributed by atoms with E-state index in [-0.39, 0.29) is 11.8 Å². The van der Waals surface area contributed by atoms with Crippen LogP contribution in [0.25, 0.3) is 0 Å². The molecular formula is C21H18BrN3OS2. The molecule has 1 atom stereocenters. The Balaban J connectivity index is 1.63. The van der Waals surface area contributed by atoms with Gasteiger partial charge in [0.05, 0.1) is 29.2 Å². The molecule has 2 aromatic carbocycles. The standard InChI is InChI=1S/C21H18BrN3OS2/c1-27-17-8-2-14(3-9-17)18-10-20(26)25-12-24(13-28-21(25)19(18)11-23)16-6-4-15(22)5-7-16/h2-9,18H,10,12-13H2,1H3/t18-/m1/s1. The molecule has 0 unspecified atom stereocenters. The third-order valence-corrected chi connectivity index (χ3v) is 7.43. The van der Waals surface area contributed by atoms with Crippen molar-refractivity contribution in [2.45, 2.75) is 17.2 Å². The van der Waals surface area contributed by atoms with Crippen molar-refractivity contribution in [1.82, 2.24) is 4.90 Å². The third-order valence-electron chi connectivity index (χ3n) is 5.00. The highest BCUT2D eigenvalue weighted by Gasteiger charge is 2.38. The zero-order valence-corrected chi connectivity index (χ0v) is 18.5. The van der Waals surface area contributed by atoms with Gasteiger partial charge < -0.3 is 4.90 Å². The van der Waals surface area contributed by atoms with Gasteiger partial charge >= 0.3 is 0 Å². The predicted octanol–water partition coefficient (Wildman–Crippen LogP) is 5.39. The first kappa shape index (κ1) is 19.4. The lowest BCUT2D eigenvalue weighted by Crippen LogP contribution is -2.47. The van der Waals surface area contributed by atoms with E-state index >= 15 is 0 Å². The minimum Gasteiger partial charge on any atom is -0.344 e. The van der Waals surface area contributed by atoms with E-state index < -0.39 is 0 Å². The van der Waals surface area contributed by atoms with Gasteiger partial charge in [0.25, 0.3) is 0 Å². The number of carbonyl (C=O) groups excluding carboxylic acids is 1. The summed E-state index contributed by atoms with van der Waals surface area (Å²) in [6.45, 7) is 0.478. The number of halogens is 1. The number of rotatable bonds is 3. The second-order valence-electron chi connectivity index (χ2n) is 6.61. The van der Waals surface area contributed by atoms with Crippen molar-refractivity contribution in [3.8, 4) is 6.07 Å². The summed E-state index contributed by atoms with van der Waals surface area (Å²) in [7, 11) is 0. The van der Waals surface area contributed by atoms with Crippen LogP contribution in [0.4, 0.5) is 5.69 Å². The lowest BCUT2D eigenvalue weighted by molar-refractivity contribution is -0.129. The topological polar surface area (TPSA) is 47.3 Å². The van der Waals surface area contributed by atoms with Gasteiger partial charge in [0, 0.05) is 27.4 Å². The van der Waals surface area contributed by atoms with Gasteiger partial charge in [-0.05, 0) is 48.2 Å². The zero-order chi connectivity index (χ0) is 19.7. The lowest BCUT2D eigenvalue weighted by atomic mass is 9.86. The molecule has 0 spiro atoms. The molecule has 4 nitrogen and oxygen atoms in total. The first-order valence-corrected chi connectivity index (χ1v) is 11.8. The van der Waals surface area contributed by atoms with E-state index in [4.69, 9.17) is 0 Å². The van der Waals surface area contributed by atoms with Crippen LogP contribution in [0, 0.1) is 11.3 Å². The largest absolute Gasteiger partial charge is 0.344 e. The van der Waals surface area contributed by atoms with Gasteiger partial charge in [0.2, 0.25) is 5.91 Å². The molecule has 2 aliphatic rings. The first-order valence-electron chi connectivity index (χ1n) is 8.82. The maximum atomic E-state index is 13.0. The fraction of sp³-hybridized carbons (Fsp3) is 0.238. The van der Waals surface area contributed by atoms with E-state index in [9.17, 15) is 10.1 Å². The molecule has 4 rings (SSSR count). The molecule has 1 amide bonds. The number of carbonyl (C=O) groups is 1. The predicted molar refractivity (Wildman–Crippen MR) is 119 cm³/mol. The van der Waals surface area contributed by atoms with E-state index in [0.717, 1.165) is 20.8 Å². The van der Waals surface area contributed by atoms with Gasteiger partial charge in [-0.25, -0.2) is 0 Å². The van der Waals surface area contributed by atoms with E-state index in [2.05, 4.69) is 39.0 Å². The maximum Gasteiger partial charge on any atom is 0.229 e. The van der Waals surface area contributed by atoms with Crippen LogP contribution < -0.4 is 4.90 Å². The summed E-state index contributed by atoms with van der Waals surface area (Å²) >= 11 is 6.71. The van der Waals surface area contributed by atoms with E-state index in [1.807, 2.05) is 42.7 Å². The summed E-state index contributed by atoms with van der Waals surface area (Å²) in [6, 6.07) is 18.7. The number of nitrogens with zero attached hydrogens (tertiary/aromatic N) is 3. The Hall–Kier alpha value is -1.88. The monoisotopic (exact) mass is 471 g/mol. The molecule has 2 aliphatic heterocycles. The van der Waals surface area contributed by atoms with Crippen LogP contribution in [0.1, 0.15) is 17.9 Å². The van der Waals surface area contributed by atoms with Crippen LogP contribution in [0.15, 0.2) is 68.5 Å². The Labute approximate surface area is 181 Å². The van der Waals surface area contributed by atoms with Crippen LogP contribution in [0.3, 0.4) is 0 Å². The number of fused-ring (bicyclic) bond motifs is 1. The number of anilines is 1. The Morgan fingerprint density at radius 2 is 1.89 bits per heavy atom. The highest BCUT2D eigenvalue weighted by molar-refractivity contribution is 9.10. The van der Waals surface area contributed by atoms with Crippen LogP contribution >= 0.6 is 39.5 Å². The molecule has 0 N–H and O–H groups in total. The molecular weight excluding hydrogens is 454 g/mol. The first-order chi connectivity index (χ1) is 13.6. The SMILES string of the molecule is CSc1ccc([C@H]2CC(=O)N3CN(c4ccc(Br)cc4)CSC3=C2C#N)cc1. The van der Waals surface area contributed by atoms with Crippen molar-refractivity contribution in [2.24, 2.45) is 0 Å². The van der Waals surface area contributed by atoms with E-state index in [1.54, 1.807) is 28.4 Å². The van der Waals surface area contributed by atoms with Crippen molar-refractivity contribution in [1.29, 1.82) is 5.26 Å². The molecule has 28 heavy (non-hydrogen) atoms. The number of hydrogen-bond donors (Lipinski definition) is 0. The quantitative estimate of drug-likeness (QED) is 0.561. The second kappa shape index (κ2) is 8.24. The molecule has 0 saturated carbocycles.